The number of benzene rings is 1. The molecule has 2 aromatic rings. The van der Waals surface area contributed by atoms with Crippen molar-refractivity contribution in [2.45, 2.75) is 44.7 Å². The molecule has 1 aliphatic rings. The summed E-state index contributed by atoms with van der Waals surface area (Å²) in [4.78, 5) is 24.7. The molecular weight excluding hydrogens is 316 g/mol. The third kappa shape index (κ3) is 4.26. The van der Waals surface area contributed by atoms with E-state index in [1.165, 1.54) is 6.42 Å². The minimum absolute atomic E-state index is 0.162. The lowest BCUT2D eigenvalue weighted by Gasteiger charge is -2.22. The van der Waals surface area contributed by atoms with Gasteiger partial charge in [-0.1, -0.05) is 49.6 Å². The molecule has 0 atom stereocenters. The average Bonchev–Trinajstić information content (AvgIpc) is 3.06. The summed E-state index contributed by atoms with van der Waals surface area (Å²) in [6, 6.07) is 11.6. The maximum Gasteiger partial charge on any atom is 0.271 e. The van der Waals surface area contributed by atoms with Gasteiger partial charge in [-0.15, -0.1) is 0 Å². The van der Waals surface area contributed by atoms with E-state index < -0.39 is 0 Å². The van der Waals surface area contributed by atoms with Crippen LogP contribution < -0.4 is 10.6 Å². The van der Waals surface area contributed by atoms with Gasteiger partial charge in [0.15, 0.2) is 5.69 Å². The van der Waals surface area contributed by atoms with Crippen LogP contribution >= 0.6 is 0 Å². The Labute approximate surface area is 147 Å². The molecular formula is C19H24N4O2. The predicted octanol–water partition coefficient (Wildman–Crippen LogP) is 2.35. The van der Waals surface area contributed by atoms with Gasteiger partial charge in [-0.3, -0.25) is 14.3 Å². The number of rotatable bonds is 5. The molecule has 0 radical (unpaired) electrons. The molecule has 25 heavy (non-hydrogen) atoms. The predicted molar refractivity (Wildman–Crippen MR) is 95.5 cm³/mol. The van der Waals surface area contributed by atoms with Crippen LogP contribution in [0.5, 0.6) is 0 Å². The van der Waals surface area contributed by atoms with E-state index in [1.54, 1.807) is 17.8 Å². The highest BCUT2D eigenvalue weighted by Gasteiger charge is 2.22. The molecule has 1 saturated carbocycles. The van der Waals surface area contributed by atoms with E-state index in [0.29, 0.717) is 12.2 Å². The van der Waals surface area contributed by atoms with Crippen LogP contribution in [0.25, 0.3) is 0 Å². The van der Waals surface area contributed by atoms with Gasteiger partial charge < -0.3 is 10.6 Å². The normalized spacial score (nSPS) is 14.9. The van der Waals surface area contributed by atoms with Crippen LogP contribution in [0.1, 0.15) is 58.6 Å². The summed E-state index contributed by atoms with van der Waals surface area (Å²) in [7, 11) is 1.56. The van der Waals surface area contributed by atoms with Crippen LogP contribution in [0.2, 0.25) is 0 Å². The van der Waals surface area contributed by atoms with E-state index in [-0.39, 0.29) is 23.6 Å². The lowest BCUT2D eigenvalue weighted by molar-refractivity contribution is 0.0915. The van der Waals surface area contributed by atoms with Crippen molar-refractivity contribution in [2.24, 2.45) is 0 Å². The molecule has 1 aliphatic carbocycles. The second-order valence-electron chi connectivity index (χ2n) is 6.45. The number of nitrogens with zero attached hydrogens (tertiary/aromatic N) is 2. The molecule has 1 heterocycles. The van der Waals surface area contributed by atoms with Crippen LogP contribution in [-0.2, 0) is 6.54 Å². The zero-order chi connectivity index (χ0) is 17.6. The Morgan fingerprint density at radius 3 is 2.52 bits per heavy atom. The molecule has 2 N–H and O–H groups in total. The number of carbonyl (C=O) groups excluding carboxylic acids is 2. The topological polar surface area (TPSA) is 76.0 Å². The summed E-state index contributed by atoms with van der Waals surface area (Å²) in [5, 5.41) is 9.99. The first kappa shape index (κ1) is 17.2. The maximum absolute atomic E-state index is 12.7. The van der Waals surface area contributed by atoms with Gasteiger partial charge in [0.05, 0.1) is 6.54 Å². The number of nitrogens with one attached hydrogen (secondary N) is 2. The van der Waals surface area contributed by atoms with Gasteiger partial charge in [0.2, 0.25) is 0 Å². The summed E-state index contributed by atoms with van der Waals surface area (Å²) in [5.41, 5.74) is 1.71. The monoisotopic (exact) mass is 340 g/mol. The van der Waals surface area contributed by atoms with Crippen molar-refractivity contribution in [3.05, 3.63) is 53.3 Å². The molecule has 0 spiro atoms. The first-order valence-electron chi connectivity index (χ1n) is 8.82. The van der Waals surface area contributed by atoms with Crippen LogP contribution in [0.4, 0.5) is 0 Å². The van der Waals surface area contributed by atoms with Gasteiger partial charge in [-0.05, 0) is 18.4 Å². The third-order valence-electron chi connectivity index (χ3n) is 4.59. The molecule has 0 bridgehead atoms. The van der Waals surface area contributed by atoms with Crippen molar-refractivity contribution in [1.29, 1.82) is 0 Å². The SMILES string of the molecule is CNC(=O)c1cc(C(=O)NC2CCCCC2)n(Cc2ccccc2)n1. The minimum atomic E-state index is -0.293. The van der Waals surface area contributed by atoms with Gasteiger partial charge in [-0.2, -0.15) is 5.10 Å². The fraction of sp³-hybridized carbons (Fsp3) is 0.421. The highest BCUT2D eigenvalue weighted by molar-refractivity contribution is 5.97. The number of hydrogen-bond acceptors (Lipinski definition) is 3. The van der Waals surface area contributed by atoms with Crippen LogP contribution in [0, 0.1) is 0 Å². The molecule has 1 fully saturated rings. The lowest BCUT2D eigenvalue weighted by atomic mass is 9.95. The molecule has 132 valence electrons. The van der Waals surface area contributed by atoms with Gasteiger partial charge in [0.25, 0.3) is 11.8 Å². The average molecular weight is 340 g/mol. The van der Waals surface area contributed by atoms with Gasteiger partial charge in [0.1, 0.15) is 5.69 Å². The van der Waals surface area contributed by atoms with Crippen LogP contribution in [0.3, 0.4) is 0 Å². The highest BCUT2D eigenvalue weighted by atomic mass is 16.2. The van der Waals surface area contributed by atoms with E-state index in [2.05, 4.69) is 15.7 Å². The van der Waals surface area contributed by atoms with Crippen molar-refractivity contribution in [2.75, 3.05) is 7.05 Å². The van der Waals surface area contributed by atoms with Gasteiger partial charge in [0, 0.05) is 19.2 Å². The Hall–Kier alpha value is -2.63. The van der Waals surface area contributed by atoms with Crippen LogP contribution in [0.15, 0.2) is 36.4 Å². The van der Waals surface area contributed by atoms with Gasteiger partial charge >= 0.3 is 0 Å². The van der Waals surface area contributed by atoms with E-state index in [1.807, 2.05) is 30.3 Å². The van der Waals surface area contributed by atoms with Crippen LogP contribution in [-0.4, -0.2) is 34.7 Å². The molecule has 6 nitrogen and oxygen atoms in total. The van der Waals surface area contributed by atoms with E-state index in [4.69, 9.17) is 0 Å². The molecule has 1 aromatic carbocycles. The molecule has 6 heteroatoms. The zero-order valence-corrected chi connectivity index (χ0v) is 14.5. The standard InChI is InChI=1S/C19H24N4O2/c1-20-18(24)16-12-17(19(25)21-15-10-6-3-7-11-15)23(22-16)13-14-8-4-2-5-9-14/h2,4-5,8-9,12,15H,3,6-7,10-11,13H2,1H3,(H,20,24)(H,21,25). The van der Waals surface area contributed by atoms with Gasteiger partial charge in [-0.25, -0.2) is 0 Å². The second kappa shape index (κ2) is 7.96. The first-order chi connectivity index (χ1) is 12.2. The van der Waals surface area contributed by atoms with E-state index in [0.717, 1.165) is 31.2 Å². The second-order valence-corrected chi connectivity index (χ2v) is 6.45. The summed E-state index contributed by atoms with van der Waals surface area (Å²) in [6.07, 6.45) is 5.57. The summed E-state index contributed by atoms with van der Waals surface area (Å²) < 4.78 is 1.61. The lowest BCUT2D eigenvalue weighted by Crippen LogP contribution is -2.37. The summed E-state index contributed by atoms with van der Waals surface area (Å²) >= 11 is 0. The largest absolute Gasteiger partial charge is 0.354 e. The third-order valence-corrected chi connectivity index (χ3v) is 4.59. The number of aromatic nitrogens is 2. The molecule has 0 saturated heterocycles. The Bertz CT molecular complexity index is 733. The van der Waals surface area contributed by atoms with Crippen molar-refractivity contribution >= 4 is 11.8 Å². The molecule has 2 amide bonds. The summed E-state index contributed by atoms with van der Waals surface area (Å²) in [5.74, 6) is -0.455. The Kier molecular flexibility index (Phi) is 5.48. The highest BCUT2D eigenvalue weighted by Crippen LogP contribution is 2.18. The van der Waals surface area contributed by atoms with E-state index in [9.17, 15) is 9.59 Å². The fourth-order valence-corrected chi connectivity index (χ4v) is 3.22. The van der Waals surface area contributed by atoms with Crippen molar-refractivity contribution in [3.8, 4) is 0 Å². The molecule has 3 rings (SSSR count). The first-order valence-corrected chi connectivity index (χ1v) is 8.82. The number of carbonyl (C=O) groups is 2. The quantitative estimate of drug-likeness (QED) is 0.877. The van der Waals surface area contributed by atoms with Crippen molar-refractivity contribution in [3.63, 3.8) is 0 Å². The number of hydrogen-bond donors (Lipinski definition) is 2. The zero-order valence-electron chi connectivity index (χ0n) is 14.5. The smallest absolute Gasteiger partial charge is 0.271 e. The Balaban J connectivity index is 1.83. The Morgan fingerprint density at radius 1 is 1.12 bits per heavy atom. The molecule has 0 aliphatic heterocycles. The van der Waals surface area contributed by atoms with E-state index >= 15 is 0 Å². The molecule has 1 aromatic heterocycles. The maximum atomic E-state index is 12.7. The minimum Gasteiger partial charge on any atom is -0.354 e. The fourth-order valence-electron chi connectivity index (χ4n) is 3.22. The molecule has 0 unspecified atom stereocenters. The van der Waals surface area contributed by atoms with Crippen molar-refractivity contribution < 1.29 is 9.59 Å². The Morgan fingerprint density at radius 2 is 1.84 bits per heavy atom. The van der Waals surface area contributed by atoms with Crippen molar-refractivity contribution in [1.82, 2.24) is 20.4 Å². The number of amides is 2. The summed E-state index contributed by atoms with van der Waals surface area (Å²) in [6.45, 7) is 0.450.